The Balaban J connectivity index is 2.52. The molecule has 5 nitrogen and oxygen atoms in total. The van der Waals surface area contributed by atoms with Crippen LogP contribution in [0.4, 0.5) is 0 Å². The number of carbonyl (C=O) groups excluding carboxylic acids is 1. The van der Waals surface area contributed by atoms with Gasteiger partial charge >= 0.3 is 7.60 Å². The maximum absolute atomic E-state index is 11.7. The first-order valence-corrected chi connectivity index (χ1v) is 7.14. The molecule has 0 radical (unpaired) electrons. The van der Waals surface area contributed by atoms with E-state index in [9.17, 15) is 9.36 Å². The Bertz CT molecular complexity index is 450. The predicted molar refractivity (Wildman–Crippen MR) is 68.2 cm³/mol. The van der Waals surface area contributed by atoms with Crippen molar-refractivity contribution >= 4 is 13.4 Å². The largest absolute Gasteiger partial charge is 0.486 e. The number of aryl methyl sites for hydroxylation is 1. The molecule has 0 fully saturated rings. The van der Waals surface area contributed by atoms with Gasteiger partial charge in [0.1, 0.15) is 18.5 Å². The summed E-state index contributed by atoms with van der Waals surface area (Å²) in [5.74, 6) is 0.306. The number of rotatable bonds is 7. The molecule has 0 saturated carbocycles. The molecule has 0 bridgehead atoms. The van der Waals surface area contributed by atoms with Crippen molar-refractivity contribution in [3.63, 3.8) is 0 Å². The van der Waals surface area contributed by atoms with E-state index in [4.69, 9.17) is 13.8 Å². The van der Waals surface area contributed by atoms with Crippen LogP contribution in [0.3, 0.4) is 0 Å². The normalized spacial score (nSPS) is 11.3. The minimum Gasteiger partial charge on any atom is -0.486 e. The zero-order chi connectivity index (χ0) is 13.6. The molecule has 1 aromatic carbocycles. The third-order valence-electron chi connectivity index (χ3n) is 2.41. The summed E-state index contributed by atoms with van der Waals surface area (Å²) in [6, 6.07) is 7.36. The number of ether oxygens (including phenoxy) is 1. The first-order valence-electron chi connectivity index (χ1n) is 5.41. The summed E-state index contributed by atoms with van der Waals surface area (Å²) < 4.78 is 26.5. The summed E-state index contributed by atoms with van der Waals surface area (Å²) in [4.78, 5) is 11.6. The van der Waals surface area contributed by atoms with Crippen LogP contribution in [0.5, 0.6) is 5.75 Å². The van der Waals surface area contributed by atoms with Gasteiger partial charge in [0.15, 0.2) is 5.78 Å². The van der Waals surface area contributed by atoms with Crippen LogP contribution in [0, 0.1) is 6.92 Å². The second-order valence-corrected chi connectivity index (χ2v) is 6.00. The second kappa shape index (κ2) is 6.69. The van der Waals surface area contributed by atoms with E-state index in [1.165, 1.54) is 14.2 Å². The summed E-state index contributed by atoms with van der Waals surface area (Å²) in [6.07, 6.45) is -0.286. The maximum atomic E-state index is 11.7. The van der Waals surface area contributed by atoms with Crippen LogP contribution < -0.4 is 4.74 Å². The van der Waals surface area contributed by atoms with Crippen molar-refractivity contribution in [2.75, 3.05) is 27.0 Å². The summed E-state index contributed by atoms with van der Waals surface area (Å²) in [6.45, 7) is 1.73. The number of para-hydroxylation sites is 1. The van der Waals surface area contributed by atoms with Gasteiger partial charge < -0.3 is 13.8 Å². The minimum absolute atomic E-state index is 0.151. The molecule has 0 aliphatic heterocycles. The van der Waals surface area contributed by atoms with Crippen LogP contribution in [-0.2, 0) is 18.4 Å². The van der Waals surface area contributed by atoms with Crippen molar-refractivity contribution in [1.29, 1.82) is 0 Å². The highest BCUT2D eigenvalue weighted by Crippen LogP contribution is 2.45. The average molecular weight is 272 g/mol. The highest BCUT2D eigenvalue weighted by molar-refractivity contribution is 7.54. The van der Waals surface area contributed by atoms with Gasteiger partial charge in [0, 0.05) is 14.2 Å². The van der Waals surface area contributed by atoms with Crippen LogP contribution in [0.2, 0.25) is 0 Å². The highest BCUT2D eigenvalue weighted by Gasteiger charge is 2.25. The molecule has 0 saturated heterocycles. The lowest BCUT2D eigenvalue weighted by Gasteiger charge is -2.13. The summed E-state index contributed by atoms with van der Waals surface area (Å²) in [7, 11) is -0.800. The Morgan fingerprint density at radius 3 is 2.39 bits per heavy atom. The van der Waals surface area contributed by atoms with Gasteiger partial charge in [0.25, 0.3) is 0 Å². The van der Waals surface area contributed by atoms with Crippen molar-refractivity contribution in [1.82, 2.24) is 0 Å². The Morgan fingerprint density at radius 1 is 1.22 bits per heavy atom. The number of hydrogen-bond acceptors (Lipinski definition) is 5. The molecule has 0 spiro atoms. The monoisotopic (exact) mass is 272 g/mol. The molecule has 18 heavy (non-hydrogen) atoms. The molecule has 0 heterocycles. The smallest absolute Gasteiger partial charge is 0.337 e. The lowest BCUT2D eigenvalue weighted by Crippen LogP contribution is -2.16. The number of hydrogen-bond donors (Lipinski definition) is 0. The lowest BCUT2D eigenvalue weighted by molar-refractivity contribution is -0.118. The number of benzene rings is 1. The van der Waals surface area contributed by atoms with Gasteiger partial charge in [-0.3, -0.25) is 9.36 Å². The van der Waals surface area contributed by atoms with Crippen LogP contribution in [0.15, 0.2) is 24.3 Å². The van der Waals surface area contributed by atoms with E-state index in [1.807, 2.05) is 25.1 Å². The van der Waals surface area contributed by atoms with Crippen LogP contribution in [-0.4, -0.2) is 32.8 Å². The van der Waals surface area contributed by atoms with Crippen LogP contribution >= 0.6 is 7.60 Å². The van der Waals surface area contributed by atoms with E-state index in [0.717, 1.165) is 5.56 Å². The van der Waals surface area contributed by atoms with Crippen molar-refractivity contribution in [2.24, 2.45) is 0 Å². The van der Waals surface area contributed by atoms with Gasteiger partial charge in [-0.25, -0.2) is 0 Å². The number of ketones is 1. The predicted octanol–water partition coefficient (Wildman–Crippen LogP) is 2.43. The highest BCUT2D eigenvalue weighted by atomic mass is 31.2. The first-order chi connectivity index (χ1) is 8.50. The van der Waals surface area contributed by atoms with Gasteiger partial charge in [-0.15, -0.1) is 0 Å². The van der Waals surface area contributed by atoms with Gasteiger partial charge in [-0.2, -0.15) is 0 Å². The van der Waals surface area contributed by atoms with E-state index < -0.39 is 7.60 Å². The SMILES string of the molecule is COP(=O)(CC(=O)COc1ccccc1C)OC. The standard InChI is InChI=1S/C12H17O5P/c1-10-6-4-5-7-12(10)17-8-11(13)9-18(14,15-2)16-3/h4-7H,8-9H2,1-3H3. The van der Waals surface area contributed by atoms with Gasteiger partial charge in [0.2, 0.25) is 0 Å². The molecule has 0 aliphatic carbocycles. The molecular formula is C12H17O5P. The zero-order valence-corrected chi connectivity index (χ0v) is 11.6. The fraction of sp³-hybridized carbons (Fsp3) is 0.417. The third kappa shape index (κ3) is 4.26. The van der Waals surface area contributed by atoms with Crippen molar-refractivity contribution in [2.45, 2.75) is 6.92 Å². The Morgan fingerprint density at radius 2 is 1.83 bits per heavy atom. The molecule has 1 aromatic rings. The van der Waals surface area contributed by atoms with Crippen molar-refractivity contribution < 1.29 is 23.1 Å². The molecule has 0 atom stereocenters. The van der Waals surface area contributed by atoms with Crippen LogP contribution in [0.25, 0.3) is 0 Å². The molecule has 0 aliphatic rings. The fourth-order valence-electron chi connectivity index (χ4n) is 1.34. The van der Waals surface area contributed by atoms with Crippen LogP contribution in [0.1, 0.15) is 5.56 Å². The van der Waals surface area contributed by atoms with E-state index >= 15 is 0 Å². The molecule has 6 heteroatoms. The quantitative estimate of drug-likeness (QED) is 0.713. The summed E-state index contributed by atoms with van der Waals surface area (Å²) in [5, 5.41) is 0. The van der Waals surface area contributed by atoms with E-state index in [-0.39, 0.29) is 18.6 Å². The van der Waals surface area contributed by atoms with Gasteiger partial charge in [0.05, 0.1) is 0 Å². The fourth-order valence-corrected chi connectivity index (χ4v) is 2.27. The van der Waals surface area contributed by atoms with E-state index in [0.29, 0.717) is 5.75 Å². The topological polar surface area (TPSA) is 61.8 Å². The molecule has 100 valence electrons. The molecule has 0 aromatic heterocycles. The van der Waals surface area contributed by atoms with E-state index in [2.05, 4.69) is 0 Å². The van der Waals surface area contributed by atoms with Gasteiger partial charge in [-0.05, 0) is 18.6 Å². The first kappa shape index (κ1) is 14.9. The number of Topliss-reactive ketones (excluding diaryl/α,β-unsaturated/α-hetero) is 1. The minimum atomic E-state index is -3.30. The van der Waals surface area contributed by atoms with Crippen molar-refractivity contribution in [3.05, 3.63) is 29.8 Å². The summed E-state index contributed by atoms with van der Waals surface area (Å²) in [5.41, 5.74) is 0.937. The Hall–Kier alpha value is -1.16. The average Bonchev–Trinajstić information content (AvgIpc) is 2.37. The van der Waals surface area contributed by atoms with E-state index in [1.54, 1.807) is 6.07 Å². The molecular weight excluding hydrogens is 255 g/mol. The Labute approximate surface area is 107 Å². The molecule has 0 N–H and O–H groups in total. The summed E-state index contributed by atoms with van der Waals surface area (Å²) >= 11 is 0. The third-order valence-corrected chi connectivity index (χ3v) is 4.26. The second-order valence-electron chi connectivity index (χ2n) is 3.73. The van der Waals surface area contributed by atoms with Crippen molar-refractivity contribution in [3.8, 4) is 5.75 Å². The Kier molecular flexibility index (Phi) is 5.54. The van der Waals surface area contributed by atoms with Gasteiger partial charge in [-0.1, -0.05) is 18.2 Å². The zero-order valence-electron chi connectivity index (χ0n) is 10.7. The lowest BCUT2D eigenvalue weighted by atomic mass is 10.2. The molecule has 1 rings (SSSR count). The molecule has 0 unspecified atom stereocenters. The molecule has 0 amide bonds. The maximum Gasteiger partial charge on any atom is 0.337 e. The number of carbonyl (C=O) groups is 1.